The highest BCUT2D eigenvalue weighted by Crippen LogP contribution is 2.34. The number of ketones is 1. The van der Waals surface area contributed by atoms with Crippen molar-refractivity contribution in [3.8, 4) is 5.75 Å². The van der Waals surface area contributed by atoms with E-state index in [-0.39, 0.29) is 11.7 Å². The molecule has 1 heterocycles. The van der Waals surface area contributed by atoms with Gasteiger partial charge in [-0.3, -0.25) is 9.59 Å². The maximum absolute atomic E-state index is 11.6. The molecule has 0 unspecified atom stereocenters. The molecule has 2 rings (SSSR count). The predicted molar refractivity (Wildman–Crippen MR) is 60.0 cm³/mol. The molecule has 0 aliphatic carbocycles. The van der Waals surface area contributed by atoms with Crippen LogP contribution < -0.4 is 9.64 Å². The van der Waals surface area contributed by atoms with Crippen molar-refractivity contribution in [2.24, 2.45) is 0 Å². The van der Waals surface area contributed by atoms with Crippen LogP contribution in [-0.2, 0) is 4.79 Å². The Hall–Kier alpha value is -1.84. The van der Waals surface area contributed by atoms with Gasteiger partial charge in [-0.2, -0.15) is 0 Å². The number of amides is 1. The van der Waals surface area contributed by atoms with Crippen molar-refractivity contribution in [1.29, 1.82) is 0 Å². The Balaban J connectivity index is 2.58. The van der Waals surface area contributed by atoms with Crippen molar-refractivity contribution < 1.29 is 14.3 Å². The number of nitrogens with zero attached hydrogens (tertiary/aromatic N) is 1. The molecule has 0 atom stereocenters. The highest BCUT2D eigenvalue weighted by Gasteiger charge is 2.23. The van der Waals surface area contributed by atoms with E-state index in [9.17, 15) is 9.59 Å². The Morgan fingerprint density at radius 2 is 2.19 bits per heavy atom. The minimum Gasteiger partial charge on any atom is -0.490 e. The number of carbonyl (C=O) groups is 2. The van der Waals surface area contributed by atoms with Crippen LogP contribution in [0.5, 0.6) is 5.75 Å². The van der Waals surface area contributed by atoms with Gasteiger partial charge in [0.15, 0.2) is 11.5 Å². The average Bonchev–Trinajstić information content (AvgIpc) is 2.40. The summed E-state index contributed by atoms with van der Waals surface area (Å²) in [4.78, 5) is 24.6. The second-order valence-corrected chi connectivity index (χ2v) is 3.76. The van der Waals surface area contributed by atoms with Gasteiger partial charge in [0, 0.05) is 7.05 Å². The summed E-state index contributed by atoms with van der Waals surface area (Å²) in [5, 5.41) is 0. The monoisotopic (exact) mass is 219 g/mol. The molecule has 0 bridgehead atoms. The number of benzene rings is 1. The number of para-hydroxylation sites is 1. The van der Waals surface area contributed by atoms with Crippen molar-refractivity contribution >= 4 is 17.4 Å². The molecule has 0 spiro atoms. The molecule has 1 aromatic carbocycles. The van der Waals surface area contributed by atoms with Crippen LogP contribution in [0, 0.1) is 0 Å². The van der Waals surface area contributed by atoms with Gasteiger partial charge in [-0.1, -0.05) is 6.07 Å². The number of anilines is 1. The summed E-state index contributed by atoms with van der Waals surface area (Å²) in [6, 6.07) is 5.25. The number of ether oxygens (including phenoxy) is 1. The summed E-state index contributed by atoms with van der Waals surface area (Å²) in [6.07, 6.45) is 0.336. The van der Waals surface area contributed by atoms with E-state index in [1.165, 1.54) is 11.8 Å². The molecule has 1 aliphatic heterocycles. The molecule has 4 nitrogen and oxygen atoms in total. The van der Waals surface area contributed by atoms with Crippen LogP contribution in [0.4, 0.5) is 5.69 Å². The summed E-state index contributed by atoms with van der Waals surface area (Å²) < 4.78 is 5.50. The molecule has 16 heavy (non-hydrogen) atoms. The van der Waals surface area contributed by atoms with Crippen molar-refractivity contribution in [3.63, 3.8) is 0 Å². The fourth-order valence-corrected chi connectivity index (χ4v) is 1.76. The molecule has 0 aromatic heterocycles. The molecule has 84 valence electrons. The number of rotatable bonds is 1. The number of hydrogen-bond donors (Lipinski definition) is 0. The third-order valence-electron chi connectivity index (χ3n) is 2.67. The fraction of sp³-hybridized carbons (Fsp3) is 0.333. The highest BCUT2D eigenvalue weighted by atomic mass is 16.5. The van der Waals surface area contributed by atoms with E-state index in [2.05, 4.69) is 0 Å². The first-order chi connectivity index (χ1) is 7.61. The Labute approximate surface area is 93.8 Å². The maximum Gasteiger partial charge on any atom is 0.230 e. The van der Waals surface area contributed by atoms with Gasteiger partial charge < -0.3 is 9.64 Å². The molecule has 4 heteroatoms. The maximum atomic E-state index is 11.6. The number of fused-ring (bicyclic) bond motifs is 1. The Morgan fingerprint density at radius 3 is 2.88 bits per heavy atom. The lowest BCUT2D eigenvalue weighted by molar-refractivity contribution is -0.118. The second-order valence-electron chi connectivity index (χ2n) is 3.76. The van der Waals surface area contributed by atoms with Gasteiger partial charge in [-0.15, -0.1) is 0 Å². The van der Waals surface area contributed by atoms with Gasteiger partial charge in [-0.05, 0) is 19.1 Å². The Bertz CT molecular complexity index is 454. The van der Waals surface area contributed by atoms with Gasteiger partial charge in [-0.25, -0.2) is 0 Å². The molecule has 0 radical (unpaired) electrons. The first kappa shape index (κ1) is 10.7. The zero-order valence-electron chi connectivity index (χ0n) is 9.32. The zero-order valence-corrected chi connectivity index (χ0v) is 9.32. The predicted octanol–water partition coefficient (Wildman–Crippen LogP) is 1.63. The van der Waals surface area contributed by atoms with E-state index in [0.717, 1.165) is 0 Å². The lowest BCUT2D eigenvalue weighted by Crippen LogP contribution is -2.25. The van der Waals surface area contributed by atoms with Crippen molar-refractivity contribution in [2.75, 3.05) is 18.6 Å². The van der Waals surface area contributed by atoms with E-state index in [4.69, 9.17) is 4.74 Å². The second kappa shape index (κ2) is 3.96. The lowest BCUT2D eigenvalue weighted by Gasteiger charge is -2.17. The van der Waals surface area contributed by atoms with E-state index in [1.807, 2.05) is 0 Å². The molecular formula is C12H13NO3. The van der Waals surface area contributed by atoms with Crippen molar-refractivity contribution in [3.05, 3.63) is 23.8 Å². The molecule has 1 aliphatic rings. The largest absolute Gasteiger partial charge is 0.490 e. The van der Waals surface area contributed by atoms with Crippen molar-refractivity contribution in [2.45, 2.75) is 13.3 Å². The van der Waals surface area contributed by atoms with E-state index in [0.29, 0.717) is 30.0 Å². The van der Waals surface area contributed by atoms with Crippen LogP contribution in [0.3, 0.4) is 0 Å². The molecule has 0 fully saturated rings. The Morgan fingerprint density at radius 1 is 1.44 bits per heavy atom. The fourth-order valence-electron chi connectivity index (χ4n) is 1.76. The van der Waals surface area contributed by atoms with Crippen molar-refractivity contribution in [1.82, 2.24) is 0 Å². The molecule has 1 aromatic rings. The molecule has 1 amide bonds. The minimum absolute atomic E-state index is 0.000507. The van der Waals surface area contributed by atoms with Gasteiger partial charge in [0.05, 0.1) is 24.3 Å². The smallest absolute Gasteiger partial charge is 0.230 e. The average molecular weight is 219 g/mol. The summed E-state index contributed by atoms with van der Waals surface area (Å²) in [5.74, 6) is 0.461. The van der Waals surface area contributed by atoms with Gasteiger partial charge >= 0.3 is 0 Å². The topological polar surface area (TPSA) is 46.6 Å². The molecular weight excluding hydrogens is 206 g/mol. The van der Waals surface area contributed by atoms with Crippen LogP contribution in [0.2, 0.25) is 0 Å². The summed E-state index contributed by atoms with van der Waals surface area (Å²) >= 11 is 0. The zero-order chi connectivity index (χ0) is 11.7. The first-order valence-corrected chi connectivity index (χ1v) is 5.14. The van der Waals surface area contributed by atoms with E-state index in [1.54, 1.807) is 25.2 Å². The van der Waals surface area contributed by atoms with Crippen LogP contribution >= 0.6 is 0 Å². The quantitative estimate of drug-likeness (QED) is 0.674. The first-order valence-electron chi connectivity index (χ1n) is 5.14. The number of carbonyl (C=O) groups excluding carboxylic acids is 2. The number of Topliss-reactive ketones (excluding diaryl/α,β-unsaturated/α-hetero) is 1. The van der Waals surface area contributed by atoms with E-state index < -0.39 is 0 Å². The van der Waals surface area contributed by atoms with Gasteiger partial charge in [0.2, 0.25) is 5.91 Å². The van der Waals surface area contributed by atoms with Crippen LogP contribution in [-0.4, -0.2) is 25.3 Å². The SMILES string of the molecule is CC(=O)c1cccc2c1OCCC(=O)N2C. The summed E-state index contributed by atoms with van der Waals surface area (Å²) in [7, 11) is 1.69. The van der Waals surface area contributed by atoms with Crippen LogP contribution in [0.25, 0.3) is 0 Å². The Kier molecular flexibility index (Phi) is 2.64. The number of hydrogen-bond acceptors (Lipinski definition) is 3. The lowest BCUT2D eigenvalue weighted by atomic mass is 10.1. The van der Waals surface area contributed by atoms with Crippen LogP contribution in [0.15, 0.2) is 18.2 Å². The standard InChI is InChI=1S/C12H13NO3/c1-8(14)9-4-3-5-10-12(9)16-7-6-11(15)13(10)2/h3-5H,6-7H2,1-2H3. The highest BCUT2D eigenvalue weighted by molar-refractivity contribution is 6.02. The van der Waals surface area contributed by atoms with Gasteiger partial charge in [0.25, 0.3) is 0 Å². The summed E-state index contributed by atoms with van der Waals surface area (Å²) in [5.41, 5.74) is 1.19. The minimum atomic E-state index is -0.0559. The third kappa shape index (κ3) is 1.66. The normalized spacial score (nSPS) is 15.1. The molecule has 0 saturated carbocycles. The van der Waals surface area contributed by atoms with Gasteiger partial charge in [0.1, 0.15) is 0 Å². The van der Waals surface area contributed by atoms with E-state index >= 15 is 0 Å². The summed E-state index contributed by atoms with van der Waals surface area (Å²) in [6.45, 7) is 1.81. The molecule has 0 saturated heterocycles. The molecule has 0 N–H and O–H groups in total. The third-order valence-corrected chi connectivity index (χ3v) is 2.67. The van der Waals surface area contributed by atoms with Crippen LogP contribution in [0.1, 0.15) is 23.7 Å².